The number of aromatic nitrogens is 1. The molecule has 0 saturated heterocycles. The number of carbonyl (C=O) groups is 1. The number of ether oxygens (including phenoxy) is 1. The molecule has 0 radical (unpaired) electrons. The third-order valence-electron chi connectivity index (χ3n) is 3.23. The highest BCUT2D eigenvalue weighted by Crippen LogP contribution is 2.19. The van der Waals surface area contributed by atoms with Crippen LogP contribution in [0.5, 0.6) is 0 Å². The molecule has 0 bridgehead atoms. The smallest absolute Gasteiger partial charge is 0.244 e. The summed E-state index contributed by atoms with van der Waals surface area (Å²) in [4.78, 5) is 16.1. The van der Waals surface area contributed by atoms with Gasteiger partial charge in [-0.05, 0) is 19.1 Å². The molecule has 1 aromatic rings. The summed E-state index contributed by atoms with van der Waals surface area (Å²) in [5.41, 5.74) is 0. The number of thioether (sulfide) groups is 1. The minimum Gasteiger partial charge on any atom is -0.383 e. The maximum Gasteiger partial charge on any atom is 0.244 e. The number of carbonyl (C=O) groups excluding carboxylic acids is 1. The Hall–Kier alpha value is -1.16. The monoisotopic (exact) mass is 375 g/mol. The molecule has 0 unspecified atom stereocenters. The Morgan fingerprint density at radius 1 is 1.38 bits per heavy atom. The fraction of sp³-hybridized carbons (Fsp3) is 0.600. The normalized spacial score (nSPS) is 13.0. The molecule has 1 atom stereocenters. The molecule has 1 heterocycles. The van der Waals surface area contributed by atoms with E-state index in [0.717, 1.165) is 0 Å². The van der Waals surface area contributed by atoms with Crippen molar-refractivity contribution < 1.29 is 17.9 Å². The van der Waals surface area contributed by atoms with Gasteiger partial charge in [-0.2, -0.15) is 4.31 Å². The average Bonchev–Trinajstić information content (AvgIpc) is 2.54. The van der Waals surface area contributed by atoms with E-state index in [4.69, 9.17) is 4.74 Å². The van der Waals surface area contributed by atoms with Gasteiger partial charge in [0.2, 0.25) is 15.9 Å². The molecule has 9 heteroatoms. The summed E-state index contributed by atoms with van der Waals surface area (Å²) in [6.07, 6.45) is 1.33. The summed E-state index contributed by atoms with van der Waals surface area (Å²) >= 11 is 1.26. The van der Waals surface area contributed by atoms with Crippen LogP contribution in [0.15, 0.2) is 28.3 Å². The Balaban J connectivity index is 2.64. The number of pyridine rings is 1. The van der Waals surface area contributed by atoms with Gasteiger partial charge >= 0.3 is 0 Å². The first-order chi connectivity index (χ1) is 11.3. The summed E-state index contributed by atoms with van der Waals surface area (Å²) in [5, 5.41) is 3.40. The van der Waals surface area contributed by atoms with Gasteiger partial charge in [-0.1, -0.05) is 25.6 Å². The van der Waals surface area contributed by atoms with Gasteiger partial charge in [0.25, 0.3) is 0 Å². The molecule has 0 fully saturated rings. The SMILES string of the molecule is CCN(CC)S(=O)(=O)c1ccc(SCC(=O)N[C@H](C)COC)nc1. The number of hydrogen-bond acceptors (Lipinski definition) is 6. The molecular formula is C15H25N3O4S2. The van der Waals surface area contributed by atoms with Gasteiger partial charge in [0.05, 0.1) is 17.4 Å². The molecule has 0 aliphatic carbocycles. The maximum absolute atomic E-state index is 12.4. The molecule has 0 aliphatic heterocycles. The van der Waals surface area contributed by atoms with Gasteiger partial charge < -0.3 is 10.1 Å². The molecule has 136 valence electrons. The van der Waals surface area contributed by atoms with Crippen LogP contribution in [0.4, 0.5) is 0 Å². The first kappa shape index (κ1) is 20.9. The Morgan fingerprint density at radius 2 is 2.04 bits per heavy atom. The number of methoxy groups -OCH3 is 1. The maximum atomic E-state index is 12.4. The van der Waals surface area contributed by atoms with Crippen LogP contribution in [0.2, 0.25) is 0 Å². The van der Waals surface area contributed by atoms with Crippen LogP contribution >= 0.6 is 11.8 Å². The van der Waals surface area contributed by atoms with Crippen molar-refractivity contribution in [2.45, 2.75) is 36.7 Å². The van der Waals surface area contributed by atoms with Gasteiger partial charge in [-0.25, -0.2) is 13.4 Å². The molecule has 0 aromatic carbocycles. The van der Waals surface area contributed by atoms with Crippen molar-refractivity contribution in [2.75, 3.05) is 32.6 Å². The summed E-state index contributed by atoms with van der Waals surface area (Å²) < 4.78 is 31.0. The van der Waals surface area contributed by atoms with E-state index in [1.807, 2.05) is 6.92 Å². The van der Waals surface area contributed by atoms with E-state index in [-0.39, 0.29) is 22.6 Å². The quantitative estimate of drug-likeness (QED) is 0.621. The van der Waals surface area contributed by atoms with Crippen LogP contribution in [-0.4, -0.2) is 62.2 Å². The highest BCUT2D eigenvalue weighted by molar-refractivity contribution is 7.99. The predicted molar refractivity (Wildman–Crippen MR) is 94.5 cm³/mol. The van der Waals surface area contributed by atoms with E-state index in [1.165, 1.54) is 28.3 Å². The van der Waals surface area contributed by atoms with Crippen LogP contribution in [0.1, 0.15) is 20.8 Å². The van der Waals surface area contributed by atoms with Crippen molar-refractivity contribution in [2.24, 2.45) is 0 Å². The molecule has 0 spiro atoms. The summed E-state index contributed by atoms with van der Waals surface area (Å²) in [7, 11) is -1.92. The number of nitrogens with zero attached hydrogens (tertiary/aromatic N) is 2. The number of rotatable bonds is 10. The largest absolute Gasteiger partial charge is 0.383 e. The van der Waals surface area contributed by atoms with Crippen LogP contribution in [-0.2, 0) is 19.6 Å². The number of hydrogen-bond donors (Lipinski definition) is 1. The second-order valence-electron chi connectivity index (χ2n) is 5.13. The van der Waals surface area contributed by atoms with E-state index in [0.29, 0.717) is 24.7 Å². The van der Waals surface area contributed by atoms with Gasteiger partial charge in [-0.3, -0.25) is 4.79 Å². The summed E-state index contributed by atoms with van der Waals surface area (Å²) in [6.45, 7) is 6.72. The first-order valence-electron chi connectivity index (χ1n) is 7.72. The second kappa shape index (κ2) is 9.97. The van der Waals surface area contributed by atoms with E-state index in [1.54, 1.807) is 27.0 Å². The zero-order valence-electron chi connectivity index (χ0n) is 14.5. The summed E-state index contributed by atoms with van der Waals surface area (Å²) in [5.74, 6) is 0.0922. The van der Waals surface area contributed by atoms with E-state index < -0.39 is 10.0 Å². The van der Waals surface area contributed by atoms with Crippen molar-refractivity contribution in [3.8, 4) is 0 Å². The fourth-order valence-electron chi connectivity index (χ4n) is 2.06. The number of amides is 1. The lowest BCUT2D eigenvalue weighted by Crippen LogP contribution is -2.36. The van der Waals surface area contributed by atoms with Crippen molar-refractivity contribution in [1.82, 2.24) is 14.6 Å². The molecular weight excluding hydrogens is 350 g/mol. The zero-order valence-corrected chi connectivity index (χ0v) is 16.1. The van der Waals surface area contributed by atoms with Crippen molar-refractivity contribution in [3.63, 3.8) is 0 Å². The summed E-state index contributed by atoms with van der Waals surface area (Å²) in [6, 6.07) is 3.08. The van der Waals surface area contributed by atoms with E-state index in [9.17, 15) is 13.2 Å². The zero-order chi connectivity index (χ0) is 18.2. The van der Waals surface area contributed by atoms with Gasteiger partial charge in [0.15, 0.2) is 0 Å². The predicted octanol–water partition coefficient (Wildman–Crippen LogP) is 1.36. The minimum absolute atomic E-state index is 0.0577. The highest BCUT2D eigenvalue weighted by atomic mass is 32.2. The molecule has 1 rings (SSSR count). The van der Waals surface area contributed by atoms with E-state index >= 15 is 0 Å². The van der Waals surface area contributed by atoms with Gasteiger partial charge in [0, 0.05) is 32.4 Å². The lowest BCUT2D eigenvalue weighted by molar-refractivity contribution is -0.119. The molecule has 1 aromatic heterocycles. The second-order valence-corrected chi connectivity index (χ2v) is 8.07. The third kappa shape index (κ3) is 6.04. The average molecular weight is 376 g/mol. The van der Waals surface area contributed by atoms with Gasteiger partial charge in [0.1, 0.15) is 4.90 Å². The molecule has 1 N–H and O–H groups in total. The Kier molecular flexibility index (Phi) is 8.68. The van der Waals surface area contributed by atoms with Crippen LogP contribution in [0, 0.1) is 0 Å². The lowest BCUT2D eigenvalue weighted by Gasteiger charge is -2.18. The fourth-order valence-corrected chi connectivity index (χ4v) is 4.12. The molecule has 7 nitrogen and oxygen atoms in total. The topological polar surface area (TPSA) is 88.6 Å². The van der Waals surface area contributed by atoms with Crippen molar-refractivity contribution in [1.29, 1.82) is 0 Å². The Morgan fingerprint density at radius 3 is 2.54 bits per heavy atom. The molecule has 0 saturated carbocycles. The minimum atomic E-state index is -3.50. The van der Waals surface area contributed by atoms with Crippen molar-refractivity contribution >= 4 is 27.7 Å². The van der Waals surface area contributed by atoms with Crippen LogP contribution in [0.25, 0.3) is 0 Å². The molecule has 1 amide bonds. The lowest BCUT2D eigenvalue weighted by atomic mass is 10.3. The Bertz CT molecular complexity index is 616. The Labute approximate surface area is 148 Å². The highest BCUT2D eigenvalue weighted by Gasteiger charge is 2.21. The third-order valence-corrected chi connectivity index (χ3v) is 6.20. The molecule has 0 aliphatic rings. The standard InChI is InChI=1S/C15H25N3O4S2/c1-5-18(6-2)24(20,21)13-7-8-15(16-9-13)23-11-14(19)17-12(3)10-22-4/h7-9,12H,5-6,10-11H2,1-4H3,(H,17,19)/t12-/m1/s1. The van der Waals surface area contributed by atoms with E-state index in [2.05, 4.69) is 10.3 Å². The number of nitrogens with one attached hydrogen (secondary N) is 1. The van der Waals surface area contributed by atoms with Crippen molar-refractivity contribution in [3.05, 3.63) is 18.3 Å². The van der Waals surface area contributed by atoms with Crippen LogP contribution in [0.3, 0.4) is 0 Å². The van der Waals surface area contributed by atoms with Crippen LogP contribution < -0.4 is 5.32 Å². The number of sulfonamides is 1. The molecule has 24 heavy (non-hydrogen) atoms. The first-order valence-corrected chi connectivity index (χ1v) is 10.1. The van der Waals surface area contributed by atoms with Gasteiger partial charge in [-0.15, -0.1) is 0 Å².